The molecular weight excluding hydrogens is 198 g/mol. The zero-order valence-electron chi connectivity index (χ0n) is 8.94. The summed E-state index contributed by atoms with van der Waals surface area (Å²) in [4.78, 5) is 0. The van der Waals surface area contributed by atoms with E-state index in [0.717, 1.165) is 19.3 Å². The predicted molar refractivity (Wildman–Crippen MR) is 60.6 cm³/mol. The van der Waals surface area contributed by atoms with Crippen LogP contribution in [0.1, 0.15) is 26.2 Å². The second-order valence-corrected chi connectivity index (χ2v) is 5.09. The Morgan fingerprint density at radius 3 is 2.64 bits per heavy atom. The van der Waals surface area contributed by atoms with Gasteiger partial charge in [0.05, 0.1) is 12.7 Å². The van der Waals surface area contributed by atoms with E-state index in [2.05, 4.69) is 12.2 Å². The molecule has 0 amide bonds. The highest BCUT2D eigenvalue weighted by Gasteiger charge is 2.27. The molecular formula is C10H21NO2S. The summed E-state index contributed by atoms with van der Waals surface area (Å²) in [5.41, 5.74) is 0. The van der Waals surface area contributed by atoms with Crippen LogP contribution in [0, 0.1) is 0 Å². The molecule has 14 heavy (non-hydrogen) atoms. The Kier molecular flexibility index (Phi) is 5.23. The van der Waals surface area contributed by atoms with Crippen LogP contribution in [0.15, 0.2) is 0 Å². The molecule has 0 radical (unpaired) electrons. The topological polar surface area (TPSA) is 52.5 Å². The molecule has 0 aromatic heterocycles. The van der Waals surface area contributed by atoms with Gasteiger partial charge in [-0.2, -0.15) is 11.8 Å². The first-order valence-corrected chi connectivity index (χ1v) is 6.55. The summed E-state index contributed by atoms with van der Waals surface area (Å²) >= 11 is 1.67. The van der Waals surface area contributed by atoms with Crippen molar-refractivity contribution in [3.8, 4) is 0 Å². The highest BCUT2D eigenvalue weighted by molar-refractivity contribution is 7.99. The first-order chi connectivity index (χ1) is 6.69. The van der Waals surface area contributed by atoms with Gasteiger partial charge >= 0.3 is 0 Å². The number of hydrogen-bond donors (Lipinski definition) is 3. The molecule has 0 aromatic rings. The molecule has 1 aliphatic carbocycles. The van der Waals surface area contributed by atoms with Crippen molar-refractivity contribution in [2.45, 2.75) is 49.6 Å². The van der Waals surface area contributed by atoms with E-state index in [-0.39, 0.29) is 30.0 Å². The van der Waals surface area contributed by atoms with Crippen LogP contribution in [0.5, 0.6) is 0 Å². The van der Waals surface area contributed by atoms with Crippen LogP contribution in [0.25, 0.3) is 0 Å². The summed E-state index contributed by atoms with van der Waals surface area (Å²) in [6.07, 6.45) is 4.88. The van der Waals surface area contributed by atoms with Gasteiger partial charge < -0.3 is 15.5 Å². The molecule has 1 aliphatic rings. The van der Waals surface area contributed by atoms with Crippen molar-refractivity contribution in [1.29, 1.82) is 0 Å². The summed E-state index contributed by atoms with van der Waals surface area (Å²) in [5.74, 6) is 0. The van der Waals surface area contributed by atoms with Crippen molar-refractivity contribution < 1.29 is 10.2 Å². The average molecular weight is 219 g/mol. The molecule has 84 valence electrons. The summed E-state index contributed by atoms with van der Waals surface area (Å²) < 4.78 is 0. The number of nitrogens with one attached hydrogen (secondary N) is 1. The largest absolute Gasteiger partial charge is 0.395 e. The Hall–Kier alpha value is 0.230. The maximum Gasteiger partial charge on any atom is 0.0693 e. The van der Waals surface area contributed by atoms with Crippen molar-refractivity contribution in [1.82, 2.24) is 5.32 Å². The lowest BCUT2D eigenvalue weighted by atomic mass is 10.1. The van der Waals surface area contributed by atoms with Crippen molar-refractivity contribution in [3.05, 3.63) is 0 Å². The van der Waals surface area contributed by atoms with Crippen molar-refractivity contribution in [3.63, 3.8) is 0 Å². The monoisotopic (exact) mass is 219 g/mol. The van der Waals surface area contributed by atoms with E-state index < -0.39 is 0 Å². The molecule has 3 N–H and O–H groups in total. The SMILES string of the molecule is CSC(CO)C(C)N[C@@H]1CCC[C@H]1O. The predicted octanol–water partition coefficient (Wildman–Crippen LogP) is 0.602. The molecule has 2 unspecified atom stereocenters. The lowest BCUT2D eigenvalue weighted by molar-refractivity contribution is 0.141. The molecule has 1 rings (SSSR count). The lowest BCUT2D eigenvalue weighted by Crippen LogP contribution is -2.46. The fraction of sp³-hybridized carbons (Fsp3) is 1.00. The first kappa shape index (κ1) is 12.3. The van der Waals surface area contributed by atoms with Gasteiger partial charge in [-0.05, 0) is 32.4 Å². The van der Waals surface area contributed by atoms with E-state index in [1.165, 1.54) is 0 Å². The Balaban J connectivity index is 2.34. The molecule has 0 saturated heterocycles. The third-order valence-electron chi connectivity index (χ3n) is 3.00. The molecule has 4 heteroatoms. The summed E-state index contributed by atoms with van der Waals surface area (Å²) in [6.45, 7) is 2.26. The van der Waals surface area contributed by atoms with Crippen LogP contribution >= 0.6 is 11.8 Å². The van der Waals surface area contributed by atoms with E-state index >= 15 is 0 Å². The minimum absolute atomic E-state index is 0.193. The number of aliphatic hydroxyl groups is 2. The summed E-state index contributed by atoms with van der Waals surface area (Å²) in [6, 6.07) is 0.485. The summed E-state index contributed by atoms with van der Waals surface area (Å²) in [7, 11) is 0. The number of hydrogen-bond acceptors (Lipinski definition) is 4. The second-order valence-electron chi connectivity index (χ2n) is 4.02. The van der Waals surface area contributed by atoms with Gasteiger partial charge in [0.1, 0.15) is 0 Å². The van der Waals surface area contributed by atoms with Crippen molar-refractivity contribution in [2.24, 2.45) is 0 Å². The molecule has 0 bridgehead atoms. The zero-order valence-corrected chi connectivity index (χ0v) is 9.76. The van der Waals surface area contributed by atoms with Crippen molar-refractivity contribution >= 4 is 11.8 Å². The fourth-order valence-corrected chi connectivity index (χ4v) is 2.65. The Bertz CT molecular complexity index is 164. The third-order valence-corrected chi connectivity index (χ3v) is 4.16. The molecule has 3 nitrogen and oxygen atoms in total. The van der Waals surface area contributed by atoms with Crippen LogP contribution in [0.2, 0.25) is 0 Å². The minimum Gasteiger partial charge on any atom is -0.395 e. The normalized spacial score (nSPS) is 31.7. The first-order valence-electron chi connectivity index (χ1n) is 5.26. The van der Waals surface area contributed by atoms with Gasteiger partial charge in [0, 0.05) is 17.3 Å². The Morgan fingerprint density at radius 1 is 1.50 bits per heavy atom. The molecule has 4 atom stereocenters. The lowest BCUT2D eigenvalue weighted by Gasteiger charge is -2.26. The van der Waals surface area contributed by atoms with Gasteiger partial charge in [0.25, 0.3) is 0 Å². The average Bonchev–Trinajstić information content (AvgIpc) is 2.54. The molecule has 0 aliphatic heterocycles. The molecule has 1 fully saturated rings. The zero-order chi connectivity index (χ0) is 10.6. The van der Waals surface area contributed by atoms with Gasteiger partial charge in [0.15, 0.2) is 0 Å². The van der Waals surface area contributed by atoms with Crippen LogP contribution in [0.3, 0.4) is 0 Å². The van der Waals surface area contributed by atoms with Gasteiger partial charge in [0.2, 0.25) is 0 Å². The Morgan fingerprint density at radius 2 is 2.21 bits per heavy atom. The van der Waals surface area contributed by atoms with Gasteiger partial charge in [-0.15, -0.1) is 0 Å². The van der Waals surface area contributed by atoms with E-state index in [9.17, 15) is 5.11 Å². The standard InChI is InChI=1S/C10H21NO2S/c1-7(10(6-12)14-2)11-8-4-3-5-9(8)13/h7-13H,3-6H2,1-2H3/t7?,8-,9-,10?/m1/s1. The highest BCUT2D eigenvalue weighted by atomic mass is 32.2. The maximum absolute atomic E-state index is 9.63. The van der Waals surface area contributed by atoms with E-state index in [0.29, 0.717) is 0 Å². The minimum atomic E-state index is -0.196. The van der Waals surface area contributed by atoms with E-state index in [4.69, 9.17) is 5.11 Å². The van der Waals surface area contributed by atoms with Crippen molar-refractivity contribution in [2.75, 3.05) is 12.9 Å². The second kappa shape index (κ2) is 5.95. The van der Waals surface area contributed by atoms with Gasteiger partial charge in [-0.25, -0.2) is 0 Å². The Labute approximate surface area is 90.3 Å². The fourth-order valence-electron chi connectivity index (χ4n) is 2.02. The van der Waals surface area contributed by atoms with Gasteiger partial charge in [-0.1, -0.05) is 0 Å². The quantitative estimate of drug-likeness (QED) is 0.634. The van der Waals surface area contributed by atoms with E-state index in [1.807, 2.05) is 6.26 Å². The molecule has 0 spiro atoms. The van der Waals surface area contributed by atoms with Crippen LogP contribution < -0.4 is 5.32 Å². The number of aliphatic hydroxyl groups excluding tert-OH is 2. The number of rotatable bonds is 5. The van der Waals surface area contributed by atoms with Crippen LogP contribution in [-0.4, -0.2) is 46.5 Å². The smallest absolute Gasteiger partial charge is 0.0693 e. The molecule has 0 aromatic carbocycles. The molecule has 0 heterocycles. The number of thioether (sulfide) groups is 1. The van der Waals surface area contributed by atoms with Crippen LogP contribution in [-0.2, 0) is 0 Å². The summed E-state index contributed by atoms with van der Waals surface area (Å²) in [5, 5.41) is 22.4. The van der Waals surface area contributed by atoms with Gasteiger partial charge in [-0.3, -0.25) is 0 Å². The maximum atomic E-state index is 9.63. The van der Waals surface area contributed by atoms with E-state index in [1.54, 1.807) is 11.8 Å². The molecule has 1 saturated carbocycles. The van der Waals surface area contributed by atoms with Crippen LogP contribution in [0.4, 0.5) is 0 Å². The highest BCUT2D eigenvalue weighted by Crippen LogP contribution is 2.21. The third kappa shape index (κ3) is 3.12.